The van der Waals surface area contributed by atoms with E-state index in [0.29, 0.717) is 18.0 Å². The van der Waals surface area contributed by atoms with Gasteiger partial charge in [0.25, 0.3) is 0 Å². The van der Waals surface area contributed by atoms with Crippen LogP contribution in [0.1, 0.15) is 12.8 Å². The Morgan fingerprint density at radius 2 is 1.75 bits per heavy atom. The molecule has 7 heteroatoms. The van der Waals surface area contributed by atoms with Crippen LogP contribution in [-0.4, -0.2) is 55.4 Å². The van der Waals surface area contributed by atoms with Crippen molar-refractivity contribution in [1.29, 1.82) is 0 Å². The maximum atomic E-state index is 12.4. The molecule has 0 amide bonds. The van der Waals surface area contributed by atoms with Crippen LogP contribution in [0.5, 0.6) is 0 Å². The normalized spacial score (nSPS) is 21.3. The summed E-state index contributed by atoms with van der Waals surface area (Å²) in [5, 5.41) is 0. The van der Waals surface area contributed by atoms with E-state index >= 15 is 0 Å². The molecule has 2 fully saturated rings. The highest BCUT2D eigenvalue weighted by Crippen LogP contribution is 2.23. The second-order valence-corrected chi connectivity index (χ2v) is 8.23. The summed E-state index contributed by atoms with van der Waals surface area (Å²) in [6, 6.07) is 3.52. The molecule has 3 heterocycles. The van der Waals surface area contributed by atoms with E-state index in [4.69, 9.17) is 0 Å². The molecule has 0 saturated carbocycles. The zero-order chi connectivity index (χ0) is 14.0. The smallest absolute Gasteiger partial charge is 0.244 e. The average molecular weight is 313 g/mol. The van der Waals surface area contributed by atoms with E-state index in [2.05, 4.69) is 9.88 Å². The Hall–Kier alpha value is -0.790. The first kappa shape index (κ1) is 14.2. The highest BCUT2D eigenvalue weighted by Gasteiger charge is 2.27. The molecule has 1 aromatic rings. The number of anilines is 1. The second-order valence-electron chi connectivity index (χ2n) is 5.06. The molecule has 5 nitrogen and oxygen atoms in total. The van der Waals surface area contributed by atoms with Crippen LogP contribution >= 0.6 is 11.8 Å². The summed E-state index contributed by atoms with van der Waals surface area (Å²) in [6.07, 6.45) is 3.41. The number of thioether (sulfide) groups is 1. The summed E-state index contributed by atoms with van der Waals surface area (Å²) in [7, 11) is -3.34. The van der Waals surface area contributed by atoms with Crippen molar-refractivity contribution in [3.8, 4) is 0 Å². The second kappa shape index (κ2) is 5.91. The van der Waals surface area contributed by atoms with Crippen LogP contribution in [0.15, 0.2) is 23.2 Å². The molecular weight excluding hydrogens is 294 g/mol. The highest BCUT2D eigenvalue weighted by atomic mass is 32.2. The molecule has 1 aromatic heterocycles. The minimum Gasteiger partial charge on any atom is -0.355 e. The highest BCUT2D eigenvalue weighted by molar-refractivity contribution is 7.99. The predicted molar refractivity (Wildman–Crippen MR) is 81.8 cm³/mol. The van der Waals surface area contributed by atoms with Crippen LogP contribution in [0.25, 0.3) is 0 Å². The van der Waals surface area contributed by atoms with Crippen LogP contribution < -0.4 is 4.90 Å². The number of hydrogen-bond donors (Lipinski definition) is 0. The number of hydrogen-bond acceptors (Lipinski definition) is 5. The van der Waals surface area contributed by atoms with E-state index in [1.165, 1.54) is 6.20 Å². The summed E-state index contributed by atoms with van der Waals surface area (Å²) in [6.45, 7) is 3.23. The molecule has 2 aliphatic heterocycles. The lowest BCUT2D eigenvalue weighted by atomic mass is 10.4. The lowest BCUT2D eigenvalue weighted by Gasteiger charge is -2.27. The fourth-order valence-electron chi connectivity index (χ4n) is 2.58. The van der Waals surface area contributed by atoms with E-state index in [-0.39, 0.29) is 0 Å². The molecule has 0 bridgehead atoms. The lowest BCUT2D eigenvalue weighted by Crippen LogP contribution is -2.33. The third kappa shape index (κ3) is 2.80. The SMILES string of the molecule is O=S(=O)(c1ccc(N2CCSCC2)nc1)N1CCCC1. The summed E-state index contributed by atoms with van der Waals surface area (Å²) in [5.41, 5.74) is 0. The van der Waals surface area contributed by atoms with Gasteiger partial charge in [-0.15, -0.1) is 0 Å². The quantitative estimate of drug-likeness (QED) is 0.845. The Morgan fingerprint density at radius 3 is 2.35 bits per heavy atom. The Balaban J connectivity index is 1.78. The van der Waals surface area contributed by atoms with Crippen LogP contribution in [0.4, 0.5) is 5.82 Å². The molecule has 3 rings (SSSR count). The van der Waals surface area contributed by atoms with Crippen molar-refractivity contribution in [3.63, 3.8) is 0 Å². The third-order valence-electron chi connectivity index (χ3n) is 3.76. The Bertz CT molecular complexity index is 547. The molecule has 0 unspecified atom stereocenters. The number of sulfonamides is 1. The van der Waals surface area contributed by atoms with Gasteiger partial charge in [0.05, 0.1) is 0 Å². The zero-order valence-corrected chi connectivity index (χ0v) is 13.0. The van der Waals surface area contributed by atoms with Gasteiger partial charge in [0.2, 0.25) is 10.0 Å². The summed E-state index contributed by atoms with van der Waals surface area (Å²) in [5.74, 6) is 3.09. The van der Waals surface area contributed by atoms with Gasteiger partial charge in [-0.2, -0.15) is 16.1 Å². The molecule has 0 aliphatic carbocycles. The van der Waals surface area contributed by atoms with Gasteiger partial charge in [0.15, 0.2) is 0 Å². The molecular formula is C13H19N3O2S2. The minimum absolute atomic E-state index is 0.314. The molecule has 2 aliphatic rings. The number of pyridine rings is 1. The first-order valence-electron chi connectivity index (χ1n) is 6.97. The maximum Gasteiger partial charge on any atom is 0.244 e. The van der Waals surface area contributed by atoms with Crippen molar-refractivity contribution < 1.29 is 8.42 Å². The van der Waals surface area contributed by atoms with Crippen molar-refractivity contribution in [1.82, 2.24) is 9.29 Å². The van der Waals surface area contributed by atoms with Crippen molar-refractivity contribution in [2.75, 3.05) is 42.6 Å². The molecule has 110 valence electrons. The third-order valence-corrected chi connectivity index (χ3v) is 6.58. The molecule has 2 saturated heterocycles. The molecule has 0 spiro atoms. The van der Waals surface area contributed by atoms with Gasteiger partial charge in [-0.25, -0.2) is 13.4 Å². The van der Waals surface area contributed by atoms with Crippen LogP contribution in [-0.2, 0) is 10.0 Å². The van der Waals surface area contributed by atoms with Gasteiger partial charge in [-0.1, -0.05) is 0 Å². The van der Waals surface area contributed by atoms with Crippen LogP contribution in [0.3, 0.4) is 0 Å². The maximum absolute atomic E-state index is 12.4. The van der Waals surface area contributed by atoms with Crippen molar-refractivity contribution >= 4 is 27.6 Å². The largest absolute Gasteiger partial charge is 0.355 e. The standard InChI is InChI=1S/C13H19N3O2S2/c17-20(18,16-5-1-2-6-16)12-3-4-13(14-11-12)15-7-9-19-10-8-15/h3-4,11H,1-2,5-10H2. The molecule has 0 radical (unpaired) electrons. The number of nitrogens with zero attached hydrogens (tertiary/aromatic N) is 3. The van der Waals surface area contributed by atoms with E-state index in [1.807, 2.05) is 17.8 Å². The van der Waals surface area contributed by atoms with Crippen LogP contribution in [0, 0.1) is 0 Å². The number of aromatic nitrogens is 1. The Kier molecular flexibility index (Phi) is 4.18. The topological polar surface area (TPSA) is 53.5 Å². The predicted octanol–water partition coefficient (Wildman–Crippen LogP) is 1.42. The molecule has 0 N–H and O–H groups in total. The van der Waals surface area contributed by atoms with Gasteiger partial charge in [-0.05, 0) is 25.0 Å². The number of rotatable bonds is 3. The van der Waals surface area contributed by atoms with Gasteiger partial charge >= 0.3 is 0 Å². The van der Waals surface area contributed by atoms with Crippen molar-refractivity contribution in [2.24, 2.45) is 0 Å². The van der Waals surface area contributed by atoms with E-state index in [0.717, 1.165) is 43.3 Å². The van der Waals surface area contributed by atoms with Gasteiger partial charge in [-0.3, -0.25) is 0 Å². The Morgan fingerprint density at radius 1 is 1.05 bits per heavy atom. The summed E-state index contributed by atoms with van der Waals surface area (Å²) >= 11 is 1.95. The molecule has 20 heavy (non-hydrogen) atoms. The van der Waals surface area contributed by atoms with E-state index in [1.54, 1.807) is 10.4 Å². The van der Waals surface area contributed by atoms with Crippen molar-refractivity contribution in [3.05, 3.63) is 18.3 Å². The van der Waals surface area contributed by atoms with Gasteiger partial charge in [0, 0.05) is 43.9 Å². The fraction of sp³-hybridized carbons (Fsp3) is 0.615. The zero-order valence-electron chi connectivity index (χ0n) is 11.4. The van der Waals surface area contributed by atoms with Gasteiger partial charge in [0.1, 0.15) is 10.7 Å². The summed E-state index contributed by atoms with van der Waals surface area (Å²) < 4.78 is 26.3. The molecule has 0 atom stereocenters. The minimum atomic E-state index is -3.34. The van der Waals surface area contributed by atoms with Crippen LogP contribution in [0.2, 0.25) is 0 Å². The molecule has 0 aromatic carbocycles. The monoisotopic (exact) mass is 313 g/mol. The van der Waals surface area contributed by atoms with Gasteiger partial charge < -0.3 is 4.90 Å². The average Bonchev–Trinajstić information content (AvgIpc) is 3.03. The first-order chi connectivity index (χ1) is 9.68. The van der Waals surface area contributed by atoms with E-state index in [9.17, 15) is 8.42 Å². The van der Waals surface area contributed by atoms with Crippen molar-refractivity contribution in [2.45, 2.75) is 17.7 Å². The first-order valence-corrected chi connectivity index (χ1v) is 9.56. The van der Waals surface area contributed by atoms with E-state index < -0.39 is 10.0 Å². The lowest BCUT2D eigenvalue weighted by molar-refractivity contribution is 0.477. The fourth-order valence-corrected chi connectivity index (χ4v) is 4.95. The summed E-state index contributed by atoms with van der Waals surface area (Å²) in [4.78, 5) is 6.88. The Labute approximate surface area is 124 Å².